The quantitative estimate of drug-likeness (QED) is 0.387. The Morgan fingerprint density at radius 2 is 1.92 bits per heavy atom. The molecule has 1 amide bonds. The summed E-state index contributed by atoms with van der Waals surface area (Å²) in [5, 5.41) is 13.3. The summed E-state index contributed by atoms with van der Waals surface area (Å²) in [6.07, 6.45) is 2.67. The van der Waals surface area contributed by atoms with Crippen molar-refractivity contribution >= 4 is 21.8 Å². The van der Waals surface area contributed by atoms with Crippen LogP contribution in [0.5, 0.6) is 0 Å². The number of hydrogen-bond acceptors (Lipinski definition) is 7. The zero-order valence-electron chi connectivity index (χ0n) is 22.1. The van der Waals surface area contributed by atoms with E-state index in [1.54, 1.807) is 32.0 Å². The van der Waals surface area contributed by atoms with Crippen molar-refractivity contribution in [3.63, 3.8) is 0 Å². The molecule has 1 saturated heterocycles. The minimum atomic E-state index is -3.75. The maximum absolute atomic E-state index is 13.5. The first-order chi connectivity index (χ1) is 18.1. The van der Waals surface area contributed by atoms with Crippen molar-refractivity contribution < 1.29 is 27.8 Å². The zero-order chi connectivity index (χ0) is 27.3. The van der Waals surface area contributed by atoms with Gasteiger partial charge in [-0.05, 0) is 62.8 Å². The molecule has 0 spiro atoms. The number of nitrogens with zero attached hydrogens (tertiary/aromatic N) is 1. The fraction of sp³-hybridized carbons (Fsp3) is 0.536. The Morgan fingerprint density at radius 3 is 2.61 bits per heavy atom. The fourth-order valence-corrected chi connectivity index (χ4v) is 6.97. The third kappa shape index (κ3) is 6.48. The molecule has 1 saturated carbocycles. The predicted molar refractivity (Wildman–Crippen MR) is 145 cm³/mol. The van der Waals surface area contributed by atoms with Crippen molar-refractivity contribution in [3.8, 4) is 0 Å². The molecule has 1 heterocycles. The number of carbonyl (C=O) groups is 1. The van der Waals surface area contributed by atoms with Crippen molar-refractivity contribution in [3.05, 3.63) is 60.2 Å². The van der Waals surface area contributed by atoms with Gasteiger partial charge in [-0.1, -0.05) is 49.2 Å². The van der Waals surface area contributed by atoms with Crippen molar-refractivity contribution in [1.29, 1.82) is 0 Å². The van der Waals surface area contributed by atoms with Crippen LogP contribution < -0.4 is 11.1 Å². The summed E-state index contributed by atoms with van der Waals surface area (Å²) in [6, 6.07) is 15.5. The molecular formula is C28H39N3O6S. The molecule has 2 fully saturated rings. The molecule has 10 heteroatoms. The standard InChI is InChI=1S/C28H39N3O6S/c1-20(30-27(33)37-28(2)25(19-36-26(28)32)22-11-4-3-5-12-22)15-16-31(18-21-9-6-7-10-21)38(34,35)24-14-8-13-23(29)17-24/h3-5,8,11-14,17,20-21,25-26,32H,6-7,9-10,15-16,18-19,29H2,1-2H3,(H,30,33)/t20?,25?,26-,28?/m0/s1. The summed E-state index contributed by atoms with van der Waals surface area (Å²) in [5.41, 5.74) is 5.89. The highest BCUT2D eigenvalue weighted by molar-refractivity contribution is 7.89. The Kier molecular flexibility index (Phi) is 8.97. The first kappa shape index (κ1) is 28.4. The number of anilines is 1. The maximum atomic E-state index is 13.5. The van der Waals surface area contributed by atoms with Crippen LogP contribution in [0.2, 0.25) is 0 Å². The molecule has 1 aliphatic carbocycles. The number of benzene rings is 2. The molecule has 208 valence electrons. The number of rotatable bonds is 10. The monoisotopic (exact) mass is 545 g/mol. The lowest BCUT2D eigenvalue weighted by Crippen LogP contribution is -2.48. The fourth-order valence-electron chi connectivity index (χ4n) is 5.38. The summed E-state index contributed by atoms with van der Waals surface area (Å²) in [6.45, 7) is 4.37. The smallest absolute Gasteiger partial charge is 0.408 e. The van der Waals surface area contributed by atoms with Gasteiger partial charge in [-0.2, -0.15) is 4.31 Å². The number of sulfonamides is 1. The molecule has 0 aromatic heterocycles. The van der Waals surface area contributed by atoms with Gasteiger partial charge in [0.15, 0.2) is 11.9 Å². The number of alkyl carbamates (subject to hydrolysis) is 1. The molecular weight excluding hydrogens is 506 g/mol. The van der Waals surface area contributed by atoms with Crippen molar-refractivity contribution in [2.45, 2.75) is 74.7 Å². The van der Waals surface area contributed by atoms with E-state index in [1.807, 2.05) is 30.3 Å². The van der Waals surface area contributed by atoms with E-state index in [0.717, 1.165) is 31.2 Å². The average Bonchev–Trinajstić information content (AvgIpc) is 3.49. The lowest BCUT2D eigenvalue weighted by molar-refractivity contribution is -0.153. The van der Waals surface area contributed by atoms with Gasteiger partial charge >= 0.3 is 6.09 Å². The van der Waals surface area contributed by atoms with Gasteiger partial charge in [0.2, 0.25) is 10.0 Å². The first-order valence-corrected chi connectivity index (χ1v) is 14.7. The van der Waals surface area contributed by atoms with E-state index in [9.17, 15) is 18.3 Å². The van der Waals surface area contributed by atoms with E-state index in [-0.39, 0.29) is 30.0 Å². The van der Waals surface area contributed by atoms with Crippen LogP contribution in [0.3, 0.4) is 0 Å². The third-order valence-electron chi connectivity index (χ3n) is 7.73. The maximum Gasteiger partial charge on any atom is 0.408 e. The number of ether oxygens (including phenoxy) is 2. The number of nitrogens with one attached hydrogen (secondary N) is 1. The summed E-state index contributed by atoms with van der Waals surface area (Å²) in [5.74, 6) is -0.0112. The van der Waals surface area contributed by atoms with Gasteiger partial charge in [0.05, 0.1) is 17.4 Å². The van der Waals surface area contributed by atoms with Gasteiger partial charge < -0.3 is 25.6 Å². The summed E-state index contributed by atoms with van der Waals surface area (Å²) in [7, 11) is -3.75. The molecule has 2 aromatic rings. The lowest BCUT2D eigenvalue weighted by atomic mass is 9.85. The van der Waals surface area contributed by atoms with Crippen LogP contribution in [0, 0.1) is 5.92 Å². The van der Waals surface area contributed by atoms with Gasteiger partial charge in [-0.25, -0.2) is 13.2 Å². The molecule has 2 aromatic carbocycles. The summed E-state index contributed by atoms with van der Waals surface area (Å²) >= 11 is 0. The number of hydrogen-bond donors (Lipinski definition) is 3. The molecule has 1 aliphatic heterocycles. The third-order valence-corrected chi connectivity index (χ3v) is 9.59. The van der Waals surface area contributed by atoms with Crippen molar-refractivity contribution in [1.82, 2.24) is 9.62 Å². The van der Waals surface area contributed by atoms with E-state index in [4.69, 9.17) is 15.2 Å². The van der Waals surface area contributed by atoms with E-state index in [0.29, 0.717) is 24.6 Å². The second-order valence-corrected chi connectivity index (χ2v) is 12.6. The second-order valence-electron chi connectivity index (χ2n) is 10.6. The van der Waals surface area contributed by atoms with E-state index in [1.165, 1.54) is 10.4 Å². The first-order valence-electron chi connectivity index (χ1n) is 13.3. The molecule has 4 N–H and O–H groups in total. The van der Waals surface area contributed by atoms with Crippen LogP contribution in [-0.2, 0) is 19.5 Å². The van der Waals surface area contributed by atoms with E-state index < -0.39 is 28.0 Å². The highest BCUT2D eigenvalue weighted by atomic mass is 32.2. The molecule has 9 nitrogen and oxygen atoms in total. The molecule has 2 aliphatic rings. The number of amides is 1. The van der Waals surface area contributed by atoms with E-state index in [2.05, 4.69) is 5.32 Å². The normalized spacial score (nSPS) is 24.9. The Balaban J connectivity index is 1.39. The number of nitrogens with two attached hydrogens (primary N) is 1. The molecule has 0 bridgehead atoms. The predicted octanol–water partition coefficient (Wildman–Crippen LogP) is 3.85. The highest BCUT2D eigenvalue weighted by Gasteiger charge is 2.51. The lowest BCUT2D eigenvalue weighted by Gasteiger charge is -2.33. The molecule has 38 heavy (non-hydrogen) atoms. The average molecular weight is 546 g/mol. The van der Waals surface area contributed by atoms with Crippen molar-refractivity contribution in [2.75, 3.05) is 25.4 Å². The second kappa shape index (κ2) is 12.0. The molecule has 0 radical (unpaired) electrons. The Hall–Kier alpha value is -2.66. The van der Waals surface area contributed by atoms with Crippen LogP contribution in [0.1, 0.15) is 57.4 Å². The van der Waals surface area contributed by atoms with Crippen LogP contribution in [0.15, 0.2) is 59.5 Å². The van der Waals surface area contributed by atoms with Gasteiger partial charge in [0.1, 0.15) is 0 Å². The molecule has 3 unspecified atom stereocenters. The topological polar surface area (TPSA) is 131 Å². The Labute approximate surface area is 225 Å². The molecule has 4 rings (SSSR count). The van der Waals surface area contributed by atoms with Crippen LogP contribution in [0.25, 0.3) is 0 Å². The van der Waals surface area contributed by atoms with Gasteiger partial charge in [0.25, 0.3) is 0 Å². The van der Waals surface area contributed by atoms with Gasteiger partial charge in [-0.3, -0.25) is 0 Å². The van der Waals surface area contributed by atoms with Crippen LogP contribution in [0.4, 0.5) is 10.5 Å². The van der Waals surface area contributed by atoms with Crippen molar-refractivity contribution in [2.24, 2.45) is 5.92 Å². The van der Waals surface area contributed by atoms with E-state index >= 15 is 0 Å². The van der Waals surface area contributed by atoms with Crippen LogP contribution in [-0.4, -0.2) is 61.6 Å². The Morgan fingerprint density at radius 1 is 1.21 bits per heavy atom. The Bertz CT molecular complexity index is 1190. The molecule has 4 atom stereocenters. The van der Waals surface area contributed by atoms with Gasteiger partial charge in [0, 0.05) is 24.8 Å². The summed E-state index contributed by atoms with van der Waals surface area (Å²) < 4.78 is 39.7. The van der Waals surface area contributed by atoms with Crippen LogP contribution >= 0.6 is 0 Å². The number of aliphatic hydroxyl groups excluding tert-OH is 1. The highest BCUT2D eigenvalue weighted by Crippen LogP contribution is 2.40. The number of nitrogen functional groups attached to an aromatic ring is 1. The minimum absolute atomic E-state index is 0.172. The van der Waals surface area contributed by atoms with Gasteiger partial charge in [-0.15, -0.1) is 0 Å². The number of aliphatic hydroxyl groups is 1. The summed E-state index contributed by atoms with van der Waals surface area (Å²) in [4.78, 5) is 13.0. The number of carbonyl (C=O) groups excluding carboxylic acids is 1. The SMILES string of the molecule is CC(CCN(CC1CCCC1)S(=O)(=O)c1cccc(N)c1)NC(=O)OC1(C)C(c2ccccc2)CO[C@@H]1O. The zero-order valence-corrected chi connectivity index (χ0v) is 22.9. The minimum Gasteiger partial charge on any atom is -0.437 e. The largest absolute Gasteiger partial charge is 0.437 e.